The minimum atomic E-state index is 0.681. The summed E-state index contributed by atoms with van der Waals surface area (Å²) in [6.45, 7) is 4.90. The predicted molar refractivity (Wildman–Crippen MR) is 84.4 cm³/mol. The molecule has 0 atom stereocenters. The van der Waals surface area contributed by atoms with E-state index in [1.807, 2.05) is 36.5 Å². The van der Waals surface area contributed by atoms with Crippen LogP contribution in [-0.4, -0.2) is 18.1 Å². The molecule has 1 aromatic heterocycles. The Hall–Kier alpha value is -1.39. The van der Waals surface area contributed by atoms with E-state index in [2.05, 4.69) is 17.2 Å². The number of para-hydroxylation sites is 1. The van der Waals surface area contributed by atoms with E-state index in [0.717, 1.165) is 30.3 Å². The maximum Gasteiger partial charge on any atom is 0.119 e. The average molecular weight is 290 g/mol. The van der Waals surface area contributed by atoms with Gasteiger partial charge in [0.25, 0.3) is 0 Å². The third kappa shape index (κ3) is 5.31. The zero-order chi connectivity index (χ0) is 14.0. The largest absolute Gasteiger partial charge is 0.493 e. The van der Waals surface area contributed by atoms with E-state index < -0.39 is 0 Å². The molecule has 2 rings (SSSR count). The molecule has 1 heterocycles. The number of nitrogens with one attached hydrogen (secondary N) is 1. The van der Waals surface area contributed by atoms with Crippen LogP contribution < -0.4 is 10.1 Å². The maximum absolute atomic E-state index is 5.68. The maximum atomic E-state index is 5.68. The number of benzene rings is 1. The SMILES string of the molecule is CCCCNCc1cnc(CCOc2ccccc2)s1. The summed E-state index contributed by atoms with van der Waals surface area (Å²) in [7, 11) is 0. The lowest BCUT2D eigenvalue weighted by atomic mass is 10.3. The molecule has 0 unspecified atom stereocenters. The first kappa shape index (κ1) is 15.0. The number of ether oxygens (including phenoxy) is 1. The molecule has 20 heavy (non-hydrogen) atoms. The Kier molecular flexibility index (Phi) is 6.54. The van der Waals surface area contributed by atoms with E-state index in [4.69, 9.17) is 4.74 Å². The van der Waals surface area contributed by atoms with Gasteiger partial charge in [-0.3, -0.25) is 0 Å². The molecule has 0 aliphatic rings. The fraction of sp³-hybridized carbons (Fsp3) is 0.438. The third-order valence-corrected chi connectivity index (χ3v) is 3.99. The molecule has 0 radical (unpaired) electrons. The number of aromatic nitrogens is 1. The lowest BCUT2D eigenvalue weighted by molar-refractivity contribution is 0.322. The first-order chi connectivity index (χ1) is 9.88. The van der Waals surface area contributed by atoms with E-state index in [-0.39, 0.29) is 0 Å². The minimum Gasteiger partial charge on any atom is -0.493 e. The van der Waals surface area contributed by atoms with Crippen molar-refractivity contribution in [3.8, 4) is 5.75 Å². The summed E-state index contributed by atoms with van der Waals surface area (Å²) >= 11 is 1.77. The first-order valence-corrected chi connectivity index (χ1v) is 8.02. The van der Waals surface area contributed by atoms with Crippen LogP contribution in [-0.2, 0) is 13.0 Å². The van der Waals surface area contributed by atoms with Crippen molar-refractivity contribution in [2.24, 2.45) is 0 Å². The summed E-state index contributed by atoms with van der Waals surface area (Å²) in [5.41, 5.74) is 0. The van der Waals surface area contributed by atoms with Crippen molar-refractivity contribution in [3.05, 3.63) is 46.4 Å². The van der Waals surface area contributed by atoms with Gasteiger partial charge in [0.05, 0.1) is 11.6 Å². The van der Waals surface area contributed by atoms with Crippen molar-refractivity contribution in [3.63, 3.8) is 0 Å². The van der Waals surface area contributed by atoms with Gasteiger partial charge in [-0.15, -0.1) is 11.3 Å². The van der Waals surface area contributed by atoms with Crippen LogP contribution in [0, 0.1) is 0 Å². The zero-order valence-corrected chi connectivity index (χ0v) is 12.8. The van der Waals surface area contributed by atoms with Gasteiger partial charge in [0, 0.05) is 24.0 Å². The standard InChI is InChI=1S/C16H22N2OS/c1-2-3-10-17-12-15-13-18-16(20-15)9-11-19-14-7-5-4-6-8-14/h4-8,13,17H,2-3,9-12H2,1H3. The number of hydrogen-bond donors (Lipinski definition) is 1. The van der Waals surface area contributed by atoms with Crippen LogP contribution >= 0.6 is 11.3 Å². The summed E-state index contributed by atoms with van der Waals surface area (Å²) in [6.07, 6.45) is 5.31. The third-order valence-electron chi connectivity index (χ3n) is 2.94. The van der Waals surface area contributed by atoms with Crippen LogP contribution in [0.25, 0.3) is 0 Å². The highest BCUT2D eigenvalue weighted by molar-refractivity contribution is 7.11. The van der Waals surface area contributed by atoms with Crippen LogP contribution in [0.3, 0.4) is 0 Å². The molecule has 3 nitrogen and oxygen atoms in total. The Balaban J connectivity index is 1.67. The number of hydrogen-bond acceptors (Lipinski definition) is 4. The lowest BCUT2D eigenvalue weighted by Crippen LogP contribution is -2.13. The Labute approximate surface area is 125 Å². The molecule has 2 aromatic rings. The van der Waals surface area contributed by atoms with Crippen LogP contribution in [0.2, 0.25) is 0 Å². The number of unbranched alkanes of at least 4 members (excludes halogenated alkanes) is 1. The van der Waals surface area contributed by atoms with Crippen LogP contribution in [0.4, 0.5) is 0 Å². The lowest BCUT2D eigenvalue weighted by Gasteiger charge is -2.03. The second-order valence-corrected chi connectivity index (χ2v) is 5.86. The van der Waals surface area contributed by atoms with E-state index in [1.54, 1.807) is 11.3 Å². The van der Waals surface area contributed by atoms with Crippen LogP contribution in [0.1, 0.15) is 29.7 Å². The van der Waals surface area contributed by atoms with Gasteiger partial charge in [0.15, 0.2) is 0 Å². The fourth-order valence-electron chi connectivity index (χ4n) is 1.83. The molecule has 0 aliphatic heterocycles. The van der Waals surface area contributed by atoms with Crippen molar-refractivity contribution >= 4 is 11.3 Å². The van der Waals surface area contributed by atoms with E-state index in [0.29, 0.717) is 6.61 Å². The van der Waals surface area contributed by atoms with Crippen molar-refractivity contribution in [2.45, 2.75) is 32.7 Å². The Morgan fingerprint density at radius 3 is 2.90 bits per heavy atom. The van der Waals surface area contributed by atoms with Crippen molar-refractivity contribution in [1.82, 2.24) is 10.3 Å². The van der Waals surface area contributed by atoms with E-state index >= 15 is 0 Å². The highest BCUT2D eigenvalue weighted by atomic mass is 32.1. The molecule has 4 heteroatoms. The molecule has 0 aliphatic carbocycles. The monoisotopic (exact) mass is 290 g/mol. The summed E-state index contributed by atoms with van der Waals surface area (Å²) < 4.78 is 5.68. The van der Waals surface area contributed by atoms with Gasteiger partial charge < -0.3 is 10.1 Å². The van der Waals surface area contributed by atoms with E-state index in [9.17, 15) is 0 Å². The van der Waals surface area contributed by atoms with Crippen molar-refractivity contribution < 1.29 is 4.74 Å². The Morgan fingerprint density at radius 1 is 1.25 bits per heavy atom. The molecule has 0 saturated heterocycles. The van der Waals surface area contributed by atoms with Gasteiger partial charge in [-0.2, -0.15) is 0 Å². The van der Waals surface area contributed by atoms with Crippen LogP contribution in [0.5, 0.6) is 5.75 Å². The molecular formula is C16H22N2OS. The molecule has 0 fully saturated rings. The first-order valence-electron chi connectivity index (χ1n) is 7.20. The fourth-order valence-corrected chi connectivity index (χ4v) is 2.70. The molecule has 0 saturated carbocycles. The number of thiazole rings is 1. The predicted octanol–water partition coefficient (Wildman–Crippen LogP) is 3.65. The van der Waals surface area contributed by atoms with Crippen LogP contribution in [0.15, 0.2) is 36.5 Å². The van der Waals surface area contributed by atoms with Gasteiger partial charge in [0.2, 0.25) is 0 Å². The number of nitrogens with zero attached hydrogens (tertiary/aromatic N) is 1. The van der Waals surface area contributed by atoms with E-state index in [1.165, 1.54) is 17.7 Å². The molecule has 1 N–H and O–H groups in total. The van der Waals surface area contributed by atoms with Gasteiger partial charge >= 0.3 is 0 Å². The van der Waals surface area contributed by atoms with Gasteiger partial charge in [-0.25, -0.2) is 4.98 Å². The highest BCUT2D eigenvalue weighted by Crippen LogP contribution is 2.14. The van der Waals surface area contributed by atoms with Crippen molar-refractivity contribution in [1.29, 1.82) is 0 Å². The zero-order valence-electron chi connectivity index (χ0n) is 12.0. The van der Waals surface area contributed by atoms with Crippen molar-refractivity contribution in [2.75, 3.05) is 13.2 Å². The molecule has 0 amide bonds. The molecule has 0 spiro atoms. The summed E-state index contributed by atoms with van der Waals surface area (Å²) in [5.74, 6) is 0.922. The molecule has 0 bridgehead atoms. The van der Waals surface area contributed by atoms with Gasteiger partial charge in [-0.1, -0.05) is 31.5 Å². The molecule has 108 valence electrons. The smallest absolute Gasteiger partial charge is 0.119 e. The Morgan fingerprint density at radius 2 is 2.10 bits per heavy atom. The topological polar surface area (TPSA) is 34.2 Å². The summed E-state index contributed by atoms with van der Waals surface area (Å²) in [5, 5.41) is 4.58. The number of rotatable bonds is 9. The molecule has 1 aromatic carbocycles. The average Bonchev–Trinajstić information content (AvgIpc) is 2.93. The summed E-state index contributed by atoms with van der Waals surface area (Å²) in [4.78, 5) is 5.75. The minimum absolute atomic E-state index is 0.681. The molecular weight excluding hydrogens is 268 g/mol. The normalized spacial score (nSPS) is 10.7. The highest BCUT2D eigenvalue weighted by Gasteiger charge is 2.02. The Bertz CT molecular complexity index is 484. The van der Waals surface area contributed by atoms with Gasteiger partial charge in [0.1, 0.15) is 5.75 Å². The summed E-state index contributed by atoms with van der Waals surface area (Å²) in [6, 6.07) is 9.92. The second-order valence-electron chi connectivity index (χ2n) is 4.66. The second kappa shape index (κ2) is 8.72. The van der Waals surface area contributed by atoms with Gasteiger partial charge in [-0.05, 0) is 25.1 Å². The quantitative estimate of drug-likeness (QED) is 0.716.